The summed E-state index contributed by atoms with van der Waals surface area (Å²) in [5.41, 5.74) is 3.29. The molecule has 4 heteroatoms. The highest BCUT2D eigenvalue weighted by Gasteiger charge is 2.29. The number of carbonyl (C=O) groups is 2. The second-order valence-corrected chi connectivity index (χ2v) is 7.53. The van der Waals surface area contributed by atoms with Crippen LogP contribution in [0.15, 0.2) is 54.6 Å². The van der Waals surface area contributed by atoms with Gasteiger partial charge in [-0.1, -0.05) is 48.5 Å². The maximum Gasteiger partial charge on any atom is 0.235 e. The van der Waals surface area contributed by atoms with Gasteiger partial charge in [-0.05, 0) is 55.5 Å². The van der Waals surface area contributed by atoms with Crippen molar-refractivity contribution in [2.24, 2.45) is 0 Å². The molecule has 2 aliphatic heterocycles. The predicted molar refractivity (Wildman–Crippen MR) is 107 cm³/mol. The summed E-state index contributed by atoms with van der Waals surface area (Å²) in [5, 5.41) is 0. The Morgan fingerprint density at radius 1 is 0.926 bits per heavy atom. The standard InChI is InChI=1S/C23H26N2O2/c26-22-11-10-20-8-4-5-9-21(20)25(22)23(27)14-17-24-15-12-19(13-16-24)18-6-2-1-3-7-18/h1-9,19H,10-17H2. The van der Waals surface area contributed by atoms with Crippen LogP contribution in [0.2, 0.25) is 0 Å². The van der Waals surface area contributed by atoms with Gasteiger partial charge in [0.15, 0.2) is 0 Å². The highest BCUT2D eigenvalue weighted by atomic mass is 16.2. The molecule has 2 aromatic rings. The van der Waals surface area contributed by atoms with Gasteiger partial charge in [-0.15, -0.1) is 0 Å². The summed E-state index contributed by atoms with van der Waals surface area (Å²) in [5.74, 6) is 0.479. The summed E-state index contributed by atoms with van der Waals surface area (Å²) in [7, 11) is 0. The van der Waals surface area contributed by atoms with Gasteiger partial charge in [-0.2, -0.15) is 0 Å². The van der Waals surface area contributed by atoms with Gasteiger partial charge < -0.3 is 4.90 Å². The Kier molecular flexibility index (Phi) is 5.35. The van der Waals surface area contributed by atoms with Crippen LogP contribution in [0.25, 0.3) is 0 Å². The number of hydrogen-bond acceptors (Lipinski definition) is 3. The van der Waals surface area contributed by atoms with Crippen molar-refractivity contribution in [2.45, 2.75) is 38.0 Å². The van der Waals surface area contributed by atoms with E-state index in [0.717, 1.165) is 50.1 Å². The summed E-state index contributed by atoms with van der Waals surface area (Å²) in [6.07, 6.45) is 3.81. The molecule has 0 aromatic heterocycles. The first-order chi connectivity index (χ1) is 13.2. The van der Waals surface area contributed by atoms with Crippen molar-refractivity contribution >= 4 is 17.5 Å². The number of rotatable bonds is 4. The van der Waals surface area contributed by atoms with Gasteiger partial charge in [0, 0.05) is 19.4 Å². The Morgan fingerprint density at radius 3 is 2.41 bits per heavy atom. The maximum atomic E-state index is 12.8. The third-order valence-electron chi connectivity index (χ3n) is 5.84. The lowest BCUT2D eigenvalue weighted by Gasteiger charge is -2.33. The van der Waals surface area contributed by atoms with Crippen molar-refractivity contribution in [3.63, 3.8) is 0 Å². The second kappa shape index (κ2) is 8.05. The Labute approximate surface area is 160 Å². The van der Waals surface area contributed by atoms with Gasteiger partial charge in [0.1, 0.15) is 0 Å². The van der Waals surface area contributed by atoms with Crippen LogP contribution >= 0.6 is 0 Å². The number of likely N-dealkylation sites (tertiary alicyclic amines) is 1. The molecule has 0 saturated carbocycles. The lowest BCUT2D eigenvalue weighted by atomic mass is 9.89. The number of aryl methyl sites for hydroxylation is 1. The first-order valence-corrected chi connectivity index (χ1v) is 9.93. The second-order valence-electron chi connectivity index (χ2n) is 7.53. The highest BCUT2D eigenvalue weighted by molar-refractivity contribution is 6.16. The molecule has 0 radical (unpaired) electrons. The summed E-state index contributed by atoms with van der Waals surface area (Å²) in [4.78, 5) is 28.9. The van der Waals surface area contributed by atoms with E-state index in [0.29, 0.717) is 18.8 Å². The fraction of sp³-hybridized carbons (Fsp3) is 0.391. The third kappa shape index (κ3) is 3.96. The molecule has 1 fully saturated rings. The summed E-state index contributed by atoms with van der Waals surface area (Å²) >= 11 is 0. The van der Waals surface area contributed by atoms with E-state index < -0.39 is 0 Å². The Bertz CT molecular complexity index is 810. The lowest BCUT2D eigenvalue weighted by Crippen LogP contribution is -2.42. The number of benzene rings is 2. The van der Waals surface area contributed by atoms with E-state index >= 15 is 0 Å². The number of fused-ring (bicyclic) bond motifs is 1. The molecule has 0 spiro atoms. The normalized spacial score (nSPS) is 18.4. The van der Waals surface area contributed by atoms with Crippen molar-refractivity contribution < 1.29 is 9.59 Å². The molecule has 4 rings (SSSR count). The number of nitrogens with zero attached hydrogens (tertiary/aromatic N) is 2. The van der Waals surface area contributed by atoms with Crippen molar-refractivity contribution in [3.8, 4) is 0 Å². The SMILES string of the molecule is O=C1CCc2ccccc2N1C(=O)CCN1CCC(c2ccccc2)CC1. The predicted octanol–water partition coefficient (Wildman–Crippen LogP) is 3.76. The molecule has 140 valence electrons. The average molecular weight is 362 g/mol. The van der Waals surface area contributed by atoms with E-state index in [4.69, 9.17) is 0 Å². The van der Waals surface area contributed by atoms with Crippen LogP contribution in [-0.2, 0) is 16.0 Å². The van der Waals surface area contributed by atoms with Crippen LogP contribution in [-0.4, -0.2) is 36.3 Å². The molecule has 0 aliphatic carbocycles. The quantitative estimate of drug-likeness (QED) is 0.831. The zero-order chi connectivity index (χ0) is 18.6. The van der Waals surface area contributed by atoms with E-state index in [9.17, 15) is 9.59 Å². The third-order valence-corrected chi connectivity index (χ3v) is 5.84. The van der Waals surface area contributed by atoms with Gasteiger partial charge in [0.05, 0.1) is 5.69 Å². The smallest absolute Gasteiger partial charge is 0.235 e. The van der Waals surface area contributed by atoms with Crippen LogP contribution in [0.4, 0.5) is 5.69 Å². The molecule has 1 saturated heterocycles. The molecule has 2 aliphatic rings. The van der Waals surface area contributed by atoms with Crippen molar-refractivity contribution in [1.29, 1.82) is 0 Å². The number of piperidine rings is 1. The van der Waals surface area contributed by atoms with E-state index in [2.05, 4.69) is 35.2 Å². The minimum atomic E-state index is -0.0719. The lowest BCUT2D eigenvalue weighted by molar-refractivity contribution is -0.127. The van der Waals surface area contributed by atoms with Crippen molar-refractivity contribution in [3.05, 3.63) is 65.7 Å². The van der Waals surface area contributed by atoms with Gasteiger partial charge in [0.2, 0.25) is 11.8 Å². The molecule has 0 atom stereocenters. The minimum Gasteiger partial charge on any atom is -0.303 e. The van der Waals surface area contributed by atoms with Crippen LogP contribution in [0.5, 0.6) is 0 Å². The van der Waals surface area contributed by atoms with Crippen molar-refractivity contribution in [1.82, 2.24) is 4.90 Å². The fourth-order valence-corrected chi connectivity index (χ4v) is 4.28. The highest BCUT2D eigenvalue weighted by Crippen LogP contribution is 2.29. The largest absolute Gasteiger partial charge is 0.303 e. The zero-order valence-corrected chi connectivity index (χ0v) is 15.6. The van der Waals surface area contributed by atoms with Crippen LogP contribution in [0.1, 0.15) is 42.7 Å². The van der Waals surface area contributed by atoms with E-state index in [1.54, 1.807) is 0 Å². The van der Waals surface area contributed by atoms with E-state index in [-0.39, 0.29) is 11.8 Å². The molecular weight excluding hydrogens is 336 g/mol. The molecule has 27 heavy (non-hydrogen) atoms. The monoisotopic (exact) mass is 362 g/mol. The van der Waals surface area contributed by atoms with Gasteiger partial charge >= 0.3 is 0 Å². The minimum absolute atomic E-state index is 0.0681. The van der Waals surface area contributed by atoms with E-state index in [1.165, 1.54) is 10.5 Å². The Morgan fingerprint density at radius 2 is 1.63 bits per heavy atom. The maximum absolute atomic E-state index is 12.8. The van der Waals surface area contributed by atoms with E-state index in [1.807, 2.05) is 24.3 Å². The number of anilines is 1. The Balaban J connectivity index is 1.32. The Hall–Kier alpha value is -2.46. The molecular formula is C23H26N2O2. The first-order valence-electron chi connectivity index (χ1n) is 9.93. The average Bonchev–Trinajstić information content (AvgIpc) is 2.73. The summed E-state index contributed by atoms with van der Waals surface area (Å²) < 4.78 is 0. The van der Waals surface area contributed by atoms with Gasteiger partial charge in [-0.25, -0.2) is 0 Å². The number of hydrogen-bond donors (Lipinski definition) is 0. The first kappa shape index (κ1) is 17.9. The number of carbonyl (C=O) groups excluding carboxylic acids is 2. The molecule has 2 heterocycles. The molecule has 2 amide bonds. The summed E-state index contributed by atoms with van der Waals surface area (Å²) in [6, 6.07) is 18.4. The van der Waals surface area contributed by atoms with Crippen LogP contribution < -0.4 is 4.90 Å². The molecule has 4 nitrogen and oxygen atoms in total. The van der Waals surface area contributed by atoms with Gasteiger partial charge in [0.25, 0.3) is 0 Å². The van der Waals surface area contributed by atoms with Gasteiger partial charge in [-0.3, -0.25) is 14.5 Å². The van der Waals surface area contributed by atoms with Crippen LogP contribution in [0.3, 0.4) is 0 Å². The fourth-order valence-electron chi connectivity index (χ4n) is 4.28. The number of amides is 2. The number of imide groups is 1. The van der Waals surface area contributed by atoms with Crippen LogP contribution in [0, 0.1) is 0 Å². The number of para-hydroxylation sites is 1. The molecule has 0 unspecified atom stereocenters. The summed E-state index contributed by atoms with van der Waals surface area (Å²) in [6.45, 7) is 2.75. The molecule has 2 aromatic carbocycles. The van der Waals surface area contributed by atoms with Crippen molar-refractivity contribution in [2.75, 3.05) is 24.5 Å². The molecule has 0 N–H and O–H groups in total. The topological polar surface area (TPSA) is 40.6 Å². The molecule has 0 bridgehead atoms. The zero-order valence-electron chi connectivity index (χ0n) is 15.6.